The van der Waals surface area contributed by atoms with E-state index in [0.717, 1.165) is 32.0 Å². The van der Waals surface area contributed by atoms with Crippen molar-refractivity contribution in [2.45, 2.75) is 46.5 Å². The molecule has 104 valence electrons. The van der Waals surface area contributed by atoms with Gasteiger partial charge in [0, 0.05) is 13.1 Å². The summed E-state index contributed by atoms with van der Waals surface area (Å²) in [5.41, 5.74) is -0.162. The Kier molecular flexibility index (Phi) is 4.31. The maximum absolute atomic E-state index is 12.5. The summed E-state index contributed by atoms with van der Waals surface area (Å²) in [4.78, 5) is 12.5. The average molecular weight is 252 g/mol. The van der Waals surface area contributed by atoms with Crippen LogP contribution in [0, 0.1) is 23.2 Å². The third-order valence-electron chi connectivity index (χ3n) is 5.10. The quantitative estimate of drug-likeness (QED) is 0.805. The predicted molar refractivity (Wildman–Crippen MR) is 74.3 cm³/mol. The Morgan fingerprint density at radius 2 is 2.22 bits per heavy atom. The first-order chi connectivity index (χ1) is 8.54. The Hall–Kier alpha value is -0.570. The van der Waals surface area contributed by atoms with Crippen LogP contribution in [0.5, 0.6) is 0 Å². The SMILES string of the molecule is CC1CCC(CNC(=O)C2(C(C)C)CCNC2)C1. The van der Waals surface area contributed by atoms with Crippen molar-refractivity contribution in [3.8, 4) is 0 Å². The van der Waals surface area contributed by atoms with Crippen LogP contribution < -0.4 is 10.6 Å². The summed E-state index contributed by atoms with van der Waals surface area (Å²) in [6.07, 6.45) is 4.89. The van der Waals surface area contributed by atoms with Crippen molar-refractivity contribution in [3.63, 3.8) is 0 Å². The van der Waals surface area contributed by atoms with E-state index in [9.17, 15) is 4.79 Å². The smallest absolute Gasteiger partial charge is 0.227 e. The normalized spacial score (nSPS) is 36.2. The van der Waals surface area contributed by atoms with E-state index in [-0.39, 0.29) is 11.3 Å². The molecular weight excluding hydrogens is 224 g/mol. The number of rotatable bonds is 4. The fraction of sp³-hybridized carbons (Fsp3) is 0.933. The van der Waals surface area contributed by atoms with Gasteiger partial charge in [0.2, 0.25) is 5.91 Å². The fourth-order valence-electron chi connectivity index (χ4n) is 3.58. The number of carbonyl (C=O) groups excluding carboxylic acids is 1. The van der Waals surface area contributed by atoms with Crippen LogP contribution in [-0.2, 0) is 4.79 Å². The highest BCUT2D eigenvalue weighted by atomic mass is 16.2. The molecule has 0 radical (unpaired) electrons. The Balaban J connectivity index is 1.86. The van der Waals surface area contributed by atoms with Crippen LogP contribution in [0.4, 0.5) is 0 Å². The molecule has 0 bridgehead atoms. The molecule has 2 fully saturated rings. The van der Waals surface area contributed by atoms with Gasteiger partial charge in [-0.15, -0.1) is 0 Å². The Bertz CT molecular complexity index is 295. The molecule has 1 aliphatic carbocycles. The first kappa shape index (κ1) is 13.9. The minimum absolute atomic E-state index is 0.162. The van der Waals surface area contributed by atoms with Gasteiger partial charge in [0.1, 0.15) is 0 Å². The van der Waals surface area contributed by atoms with E-state index in [1.807, 2.05) is 0 Å². The summed E-state index contributed by atoms with van der Waals surface area (Å²) < 4.78 is 0. The van der Waals surface area contributed by atoms with E-state index < -0.39 is 0 Å². The number of nitrogens with one attached hydrogen (secondary N) is 2. The number of hydrogen-bond donors (Lipinski definition) is 2. The van der Waals surface area contributed by atoms with Crippen molar-refractivity contribution in [2.75, 3.05) is 19.6 Å². The zero-order valence-electron chi connectivity index (χ0n) is 12.1. The van der Waals surface area contributed by atoms with E-state index in [4.69, 9.17) is 0 Å². The van der Waals surface area contributed by atoms with Gasteiger partial charge in [-0.3, -0.25) is 4.79 Å². The summed E-state index contributed by atoms with van der Waals surface area (Å²) in [6, 6.07) is 0. The van der Waals surface area contributed by atoms with Crippen LogP contribution in [0.2, 0.25) is 0 Å². The first-order valence-corrected chi connectivity index (χ1v) is 7.53. The molecule has 0 aromatic rings. The molecule has 1 amide bonds. The molecule has 0 spiro atoms. The van der Waals surface area contributed by atoms with Gasteiger partial charge in [-0.05, 0) is 43.6 Å². The standard InChI is InChI=1S/C15H28N2O/c1-11(2)15(6-7-16-10-15)14(18)17-9-13-5-4-12(3)8-13/h11-13,16H,4-10H2,1-3H3,(H,17,18). The summed E-state index contributed by atoms with van der Waals surface area (Å²) in [5, 5.41) is 6.58. The van der Waals surface area contributed by atoms with Gasteiger partial charge in [0.05, 0.1) is 5.41 Å². The van der Waals surface area contributed by atoms with Gasteiger partial charge in [-0.2, -0.15) is 0 Å². The average Bonchev–Trinajstić information content (AvgIpc) is 2.95. The lowest BCUT2D eigenvalue weighted by Gasteiger charge is -2.31. The molecule has 1 heterocycles. The van der Waals surface area contributed by atoms with Gasteiger partial charge in [0.25, 0.3) is 0 Å². The van der Waals surface area contributed by atoms with Gasteiger partial charge in [0.15, 0.2) is 0 Å². The molecule has 2 aliphatic rings. The molecule has 2 N–H and O–H groups in total. The third-order valence-corrected chi connectivity index (χ3v) is 5.10. The summed E-state index contributed by atoms with van der Waals surface area (Å²) in [7, 11) is 0. The Labute approximate surface area is 111 Å². The number of carbonyl (C=O) groups is 1. The van der Waals surface area contributed by atoms with E-state index in [1.54, 1.807) is 0 Å². The molecule has 2 rings (SSSR count). The highest BCUT2D eigenvalue weighted by Gasteiger charge is 2.43. The lowest BCUT2D eigenvalue weighted by Crippen LogP contribution is -2.47. The topological polar surface area (TPSA) is 41.1 Å². The molecule has 0 aromatic carbocycles. The van der Waals surface area contributed by atoms with Gasteiger partial charge >= 0.3 is 0 Å². The van der Waals surface area contributed by atoms with Gasteiger partial charge in [-0.1, -0.05) is 27.2 Å². The van der Waals surface area contributed by atoms with Crippen LogP contribution in [0.3, 0.4) is 0 Å². The van der Waals surface area contributed by atoms with Crippen LogP contribution in [0.1, 0.15) is 46.5 Å². The molecule has 1 saturated heterocycles. The van der Waals surface area contributed by atoms with E-state index in [2.05, 4.69) is 31.4 Å². The molecule has 1 aliphatic heterocycles. The van der Waals surface area contributed by atoms with E-state index in [1.165, 1.54) is 19.3 Å². The van der Waals surface area contributed by atoms with Crippen molar-refractivity contribution in [1.82, 2.24) is 10.6 Å². The summed E-state index contributed by atoms with van der Waals surface area (Å²) in [5.74, 6) is 2.25. The third kappa shape index (κ3) is 2.71. The van der Waals surface area contributed by atoms with Crippen LogP contribution >= 0.6 is 0 Å². The fourth-order valence-corrected chi connectivity index (χ4v) is 3.58. The Morgan fingerprint density at radius 1 is 1.44 bits per heavy atom. The maximum Gasteiger partial charge on any atom is 0.227 e. The van der Waals surface area contributed by atoms with Crippen LogP contribution in [0.25, 0.3) is 0 Å². The molecule has 3 heteroatoms. The van der Waals surface area contributed by atoms with Crippen molar-refractivity contribution in [1.29, 1.82) is 0 Å². The minimum Gasteiger partial charge on any atom is -0.355 e. The van der Waals surface area contributed by atoms with Crippen molar-refractivity contribution < 1.29 is 4.79 Å². The highest BCUT2D eigenvalue weighted by molar-refractivity contribution is 5.83. The molecule has 18 heavy (non-hydrogen) atoms. The molecule has 3 unspecified atom stereocenters. The van der Waals surface area contributed by atoms with Gasteiger partial charge < -0.3 is 10.6 Å². The first-order valence-electron chi connectivity index (χ1n) is 7.53. The second kappa shape index (κ2) is 5.60. The molecular formula is C15H28N2O. The molecule has 1 saturated carbocycles. The highest BCUT2D eigenvalue weighted by Crippen LogP contribution is 2.35. The summed E-state index contributed by atoms with van der Waals surface area (Å²) in [6.45, 7) is 9.37. The van der Waals surface area contributed by atoms with Crippen LogP contribution in [0.15, 0.2) is 0 Å². The van der Waals surface area contributed by atoms with E-state index in [0.29, 0.717) is 11.8 Å². The Morgan fingerprint density at radius 3 is 2.72 bits per heavy atom. The zero-order chi connectivity index (χ0) is 13.2. The molecule has 3 atom stereocenters. The number of hydrogen-bond acceptors (Lipinski definition) is 2. The maximum atomic E-state index is 12.5. The number of amides is 1. The summed E-state index contributed by atoms with van der Waals surface area (Å²) >= 11 is 0. The largest absolute Gasteiger partial charge is 0.355 e. The van der Waals surface area contributed by atoms with E-state index >= 15 is 0 Å². The van der Waals surface area contributed by atoms with Crippen molar-refractivity contribution >= 4 is 5.91 Å². The van der Waals surface area contributed by atoms with Crippen LogP contribution in [-0.4, -0.2) is 25.5 Å². The lowest BCUT2D eigenvalue weighted by atomic mass is 9.75. The zero-order valence-corrected chi connectivity index (χ0v) is 12.1. The second-order valence-corrected chi connectivity index (χ2v) is 6.73. The second-order valence-electron chi connectivity index (χ2n) is 6.73. The van der Waals surface area contributed by atoms with Gasteiger partial charge in [-0.25, -0.2) is 0 Å². The van der Waals surface area contributed by atoms with Crippen molar-refractivity contribution in [2.24, 2.45) is 23.2 Å². The minimum atomic E-state index is -0.162. The molecule has 3 nitrogen and oxygen atoms in total. The monoisotopic (exact) mass is 252 g/mol. The predicted octanol–water partition coefficient (Wildman–Crippen LogP) is 2.17. The van der Waals surface area contributed by atoms with Crippen molar-refractivity contribution in [3.05, 3.63) is 0 Å². The molecule has 0 aromatic heterocycles. The lowest BCUT2D eigenvalue weighted by molar-refractivity contribution is -0.132.